The van der Waals surface area contributed by atoms with Gasteiger partial charge in [-0.2, -0.15) is 18.5 Å². The maximum Gasteiger partial charge on any atom is 0.573 e. The maximum absolute atomic E-state index is 13.2. The number of carbonyl (C=O) groups is 1. The number of amides is 1. The number of nitrogens with two attached hydrogens (primary N) is 1. The molecule has 1 aliphatic rings. The zero-order valence-electron chi connectivity index (χ0n) is 21.2. The van der Waals surface area contributed by atoms with Gasteiger partial charge in [-0.1, -0.05) is 54.1 Å². The van der Waals surface area contributed by atoms with E-state index in [9.17, 15) is 26.4 Å². The molecule has 0 aliphatic carbocycles. The summed E-state index contributed by atoms with van der Waals surface area (Å²) in [7, 11) is -4.55. The van der Waals surface area contributed by atoms with Crippen molar-refractivity contribution in [3.05, 3.63) is 95.0 Å². The minimum Gasteiger partial charge on any atom is -0.406 e. The number of alkyl halides is 3. The number of nitrogens with zero attached hydrogens (tertiary/aromatic N) is 4. The van der Waals surface area contributed by atoms with Crippen LogP contribution < -0.4 is 15.8 Å². The summed E-state index contributed by atoms with van der Waals surface area (Å²) in [6.45, 7) is 1.27. The fourth-order valence-electron chi connectivity index (χ4n) is 3.87. The van der Waals surface area contributed by atoms with Gasteiger partial charge in [-0.05, 0) is 47.5 Å². The Morgan fingerprint density at radius 2 is 1.71 bits per heavy atom. The van der Waals surface area contributed by atoms with Gasteiger partial charge < -0.3 is 10.5 Å². The lowest BCUT2D eigenvalue weighted by atomic mass is 9.91. The van der Waals surface area contributed by atoms with Gasteiger partial charge in [0.25, 0.3) is 16.0 Å². The molecule has 0 radical (unpaired) electrons. The number of nitrogens with one attached hydrogen (secondary N) is 1. The molecule has 15 heteroatoms. The van der Waals surface area contributed by atoms with Crippen molar-refractivity contribution >= 4 is 45.2 Å². The van der Waals surface area contributed by atoms with Gasteiger partial charge in [0.1, 0.15) is 5.75 Å². The fraction of sp³-hybridized carbons (Fsp3) is 0.154. The topological polar surface area (TPSA) is 139 Å². The van der Waals surface area contributed by atoms with Crippen LogP contribution in [0.3, 0.4) is 0 Å². The lowest BCUT2D eigenvalue weighted by Gasteiger charge is -2.16. The smallest absolute Gasteiger partial charge is 0.406 e. The third-order valence-corrected chi connectivity index (χ3v) is 7.09. The summed E-state index contributed by atoms with van der Waals surface area (Å²) in [6, 6.07) is 19.6. The van der Waals surface area contributed by atoms with Crippen molar-refractivity contribution in [3.8, 4) is 5.75 Å². The minimum absolute atomic E-state index is 0.0888. The average molecular weight is 607 g/mol. The molecule has 10 nitrogen and oxygen atoms in total. The van der Waals surface area contributed by atoms with Crippen LogP contribution in [0.25, 0.3) is 0 Å². The Balaban J connectivity index is 1.78. The van der Waals surface area contributed by atoms with E-state index in [1.54, 1.807) is 24.3 Å². The van der Waals surface area contributed by atoms with Crippen molar-refractivity contribution in [3.63, 3.8) is 0 Å². The van der Waals surface area contributed by atoms with Crippen LogP contribution in [-0.2, 0) is 14.8 Å². The molecule has 0 saturated heterocycles. The molecular formula is C26H22ClF3N6O4S. The Morgan fingerprint density at radius 1 is 1.07 bits per heavy atom. The van der Waals surface area contributed by atoms with Crippen molar-refractivity contribution in [1.82, 2.24) is 10.3 Å². The summed E-state index contributed by atoms with van der Waals surface area (Å²) in [5.41, 5.74) is 7.94. The third-order valence-electron chi connectivity index (χ3n) is 5.57. The van der Waals surface area contributed by atoms with Gasteiger partial charge in [0.05, 0.1) is 17.2 Å². The quantitative estimate of drug-likeness (QED) is 0.329. The van der Waals surface area contributed by atoms with Crippen LogP contribution in [0, 0.1) is 0 Å². The molecule has 0 saturated carbocycles. The Hall–Kier alpha value is -4.43. The molecule has 3 N–H and O–H groups in total. The van der Waals surface area contributed by atoms with Gasteiger partial charge >= 0.3 is 6.36 Å². The number of carbonyl (C=O) groups excluding carboxylic acids is 1. The standard InChI is InChI=1S/C26H22ClF3N6O4S/c1-16(37)32-24(31)33-25(35-41(38,39)21-13-11-20(12-14-21)40-26(28,29)30)36-15-22(17-5-3-2-4-6-17)23(34-36)18-7-9-19(27)10-8-18/h2-14,22H,15H2,1H3,(H3,31,32,33,35,37)/t22-/m1/s1. The molecule has 1 aliphatic heterocycles. The molecule has 41 heavy (non-hydrogen) atoms. The van der Waals surface area contributed by atoms with Crippen molar-refractivity contribution in [2.75, 3.05) is 6.54 Å². The van der Waals surface area contributed by atoms with Gasteiger partial charge in [0, 0.05) is 17.9 Å². The van der Waals surface area contributed by atoms with Crippen molar-refractivity contribution in [2.45, 2.75) is 24.1 Å². The molecular weight excluding hydrogens is 585 g/mol. The second kappa shape index (κ2) is 12.0. The molecule has 0 unspecified atom stereocenters. The van der Waals surface area contributed by atoms with Crippen LogP contribution in [0.5, 0.6) is 5.75 Å². The van der Waals surface area contributed by atoms with Crippen LogP contribution in [0.15, 0.2) is 98.2 Å². The first-order chi connectivity index (χ1) is 19.3. The van der Waals surface area contributed by atoms with E-state index in [1.165, 1.54) is 11.9 Å². The van der Waals surface area contributed by atoms with Gasteiger partial charge in [-0.3, -0.25) is 10.1 Å². The third kappa shape index (κ3) is 7.83. The SMILES string of the molecule is CC(=O)N/C(N)=N/C(=N/S(=O)(=O)c1ccc(OC(F)(F)F)cc1)N1C[C@H](c2ccccc2)C(c2ccc(Cl)cc2)=N1. The summed E-state index contributed by atoms with van der Waals surface area (Å²) in [5.74, 6) is -2.48. The molecule has 3 aromatic carbocycles. The molecule has 4 rings (SSSR count). The molecule has 0 aromatic heterocycles. The number of halogens is 4. The Morgan fingerprint density at radius 3 is 2.29 bits per heavy atom. The van der Waals surface area contributed by atoms with E-state index in [-0.39, 0.29) is 12.5 Å². The summed E-state index contributed by atoms with van der Waals surface area (Å²) < 4.78 is 71.5. The number of rotatable bonds is 5. The lowest BCUT2D eigenvalue weighted by molar-refractivity contribution is -0.274. The lowest BCUT2D eigenvalue weighted by Crippen LogP contribution is -2.37. The van der Waals surface area contributed by atoms with Crippen molar-refractivity contribution in [2.24, 2.45) is 20.2 Å². The average Bonchev–Trinajstić information content (AvgIpc) is 3.34. The molecule has 0 spiro atoms. The van der Waals surface area contributed by atoms with Gasteiger partial charge in [-0.25, -0.2) is 5.01 Å². The summed E-state index contributed by atoms with van der Waals surface area (Å²) >= 11 is 6.06. The Labute approximate surface area is 238 Å². The first-order valence-electron chi connectivity index (χ1n) is 11.8. The van der Waals surface area contributed by atoms with Crippen molar-refractivity contribution in [1.29, 1.82) is 0 Å². The number of hydrogen-bond acceptors (Lipinski definition) is 5. The zero-order valence-corrected chi connectivity index (χ0v) is 22.8. The Bertz CT molecular complexity index is 1610. The van der Waals surface area contributed by atoms with Crippen LogP contribution in [0.2, 0.25) is 5.02 Å². The number of sulfonamides is 1. The highest BCUT2D eigenvalue weighted by Gasteiger charge is 2.33. The van der Waals surface area contributed by atoms with E-state index in [4.69, 9.17) is 17.3 Å². The number of hydrogen-bond donors (Lipinski definition) is 2. The maximum atomic E-state index is 13.2. The first kappa shape index (κ1) is 29.6. The van der Waals surface area contributed by atoms with E-state index < -0.39 is 44.9 Å². The van der Waals surface area contributed by atoms with E-state index >= 15 is 0 Å². The largest absolute Gasteiger partial charge is 0.573 e. The summed E-state index contributed by atoms with van der Waals surface area (Å²) in [4.78, 5) is 15.1. The van der Waals surface area contributed by atoms with E-state index in [0.717, 1.165) is 29.8 Å². The van der Waals surface area contributed by atoms with E-state index in [2.05, 4.69) is 24.5 Å². The molecule has 1 amide bonds. The monoisotopic (exact) mass is 606 g/mol. The molecule has 0 bridgehead atoms. The summed E-state index contributed by atoms with van der Waals surface area (Å²) in [5, 5.41) is 8.57. The second-order valence-corrected chi connectivity index (χ2v) is 10.6. The van der Waals surface area contributed by atoms with E-state index in [0.29, 0.717) is 16.3 Å². The van der Waals surface area contributed by atoms with Crippen LogP contribution in [-0.4, -0.2) is 49.9 Å². The number of ether oxygens (including phenoxy) is 1. The highest BCUT2D eigenvalue weighted by Crippen LogP contribution is 2.30. The van der Waals surface area contributed by atoms with Gasteiger partial charge in [0.15, 0.2) is 0 Å². The predicted molar refractivity (Wildman–Crippen MR) is 147 cm³/mol. The highest BCUT2D eigenvalue weighted by atomic mass is 35.5. The van der Waals surface area contributed by atoms with Gasteiger partial charge in [0.2, 0.25) is 11.9 Å². The number of hydrazone groups is 1. The number of aliphatic imine (C=N–C) groups is 1. The predicted octanol–water partition coefficient (Wildman–Crippen LogP) is 4.24. The molecule has 1 heterocycles. The second-order valence-electron chi connectivity index (χ2n) is 8.60. The van der Waals surface area contributed by atoms with Crippen LogP contribution in [0.4, 0.5) is 13.2 Å². The molecule has 0 fully saturated rings. The van der Waals surface area contributed by atoms with E-state index in [1.807, 2.05) is 30.3 Å². The zero-order chi connectivity index (χ0) is 29.8. The first-order valence-corrected chi connectivity index (χ1v) is 13.6. The minimum atomic E-state index is -4.95. The van der Waals surface area contributed by atoms with Gasteiger partial charge in [-0.15, -0.1) is 17.6 Å². The van der Waals surface area contributed by atoms with Crippen LogP contribution in [0.1, 0.15) is 24.0 Å². The highest BCUT2D eigenvalue weighted by molar-refractivity contribution is 7.90. The normalized spacial score (nSPS) is 16.4. The molecule has 214 valence electrons. The number of benzene rings is 3. The Kier molecular flexibility index (Phi) is 8.63. The number of guanidine groups is 2. The molecule has 3 aromatic rings. The van der Waals surface area contributed by atoms with Crippen molar-refractivity contribution < 1.29 is 31.1 Å². The van der Waals surface area contributed by atoms with Crippen LogP contribution >= 0.6 is 11.6 Å². The summed E-state index contributed by atoms with van der Waals surface area (Å²) in [6.07, 6.45) is -4.95. The molecule has 1 atom stereocenters. The fourth-order valence-corrected chi connectivity index (χ4v) is 4.93.